The van der Waals surface area contributed by atoms with Crippen molar-refractivity contribution < 1.29 is 4.79 Å². The number of pyridine rings is 1. The van der Waals surface area contributed by atoms with Crippen molar-refractivity contribution in [2.75, 3.05) is 17.2 Å². The summed E-state index contributed by atoms with van der Waals surface area (Å²) < 4.78 is 2.44. The van der Waals surface area contributed by atoms with E-state index in [9.17, 15) is 14.4 Å². The van der Waals surface area contributed by atoms with E-state index >= 15 is 0 Å². The number of anilines is 1. The molecule has 3 aromatic rings. The van der Waals surface area contributed by atoms with Gasteiger partial charge < -0.3 is 4.90 Å². The van der Waals surface area contributed by atoms with E-state index in [1.54, 1.807) is 13.2 Å². The Morgan fingerprint density at radius 2 is 1.93 bits per heavy atom. The predicted octanol–water partition coefficient (Wildman–Crippen LogP) is 2.01. The van der Waals surface area contributed by atoms with E-state index in [1.807, 2.05) is 30.0 Å². The minimum Gasteiger partial charge on any atom is -0.311 e. The Labute approximate surface area is 172 Å². The van der Waals surface area contributed by atoms with E-state index in [-0.39, 0.29) is 11.7 Å². The number of rotatable bonds is 3. The average molecular weight is 410 g/mol. The van der Waals surface area contributed by atoms with Gasteiger partial charge in [-0.2, -0.15) is 0 Å². The summed E-state index contributed by atoms with van der Waals surface area (Å²) in [4.78, 5) is 44.8. The van der Waals surface area contributed by atoms with Crippen molar-refractivity contribution >= 4 is 34.4 Å². The lowest BCUT2D eigenvalue weighted by atomic mass is 10.0. The third-order valence-corrected chi connectivity index (χ3v) is 6.56. The standard InChI is InChI=1S/C21H22N4O3S/c1-13-11-22-19-17(20(27)24(3)21(28)23(19)2)18(13)29-12-16(26)25-10-6-8-14-7-4-5-9-15(14)25/h4-5,7,9,11H,6,8,10,12H2,1-3H3. The van der Waals surface area contributed by atoms with Crippen LogP contribution in [-0.4, -0.2) is 32.3 Å². The third-order valence-electron chi connectivity index (χ3n) is 5.35. The van der Waals surface area contributed by atoms with Gasteiger partial charge >= 0.3 is 5.69 Å². The van der Waals surface area contributed by atoms with Crippen LogP contribution >= 0.6 is 11.8 Å². The summed E-state index contributed by atoms with van der Waals surface area (Å²) in [7, 11) is 3.05. The van der Waals surface area contributed by atoms with E-state index in [0.29, 0.717) is 22.5 Å². The fourth-order valence-electron chi connectivity index (χ4n) is 3.79. The van der Waals surface area contributed by atoms with Gasteiger partial charge in [0.15, 0.2) is 0 Å². The van der Waals surface area contributed by atoms with Crippen LogP contribution < -0.4 is 16.1 Å². The number of hydrogen-bond donors (Lipinski definition) is 0. The van der Waals surface area contributed by atoms with Crippen molar-refractivity contribution in [2.24, 2.45) is 14.1 Å². The second-order valence-electron chi connectivity index (χ2n) is 7.24. The number of carbonyl (C=O) groups is 1. The number of hydrogen-bond acceptors (Lipinski definition) is 5. The molecule has 0 spiro atoms. The zero-order valence-corrected chi connectivity index (χ0v) is 17.5. The van der Waals surface area contributed by atoms with Gasteiger partial charge in [-0.15, -0.1) is 11.8 Å². The summed E-state index contributed by atoms with van der Waals surface area (Å²) in [6.45, 7) is 2.56. The van der Waals surface area contributed by atoms with Crippen molar-refractivity contribution in [1.82, 2.24) is 14.1 Å². The first-order valence-corrected chi connectivity index (χ1v) is 10.4. The molecule has 2 aromatic heterocycles. The smallest absolute Gasteiger partial charge is 0.311 e. The number of amides is 1. The molecule has 8 heteroatoms. The zero-order valence-electron chi connectivity index (χ0n) is 16.6. The highest BCUT2D eigenvalue weighted by Crippen LogP contribution is 2.30. The summed E-state index contributed by atoms with van der Waals surface area (Å²) in [5.74, 6) is 0.216. The maximum absolute atomic E-state index is 13.0. The Kier molecular flexibility index (Phi) is 5.04. The fourth-order valence-corrected chi connectivity index (χ4v) is 4.81. The lowest BCUT2D eigenvalue weighted by Gasteiger charge is -2.29. The molecule has 0 bridgehead atoms. The van der Waals surface area contributed by atoms with Crippen molar-refractivity contribution in [3.63, 3.8) is 0 Å². The first kappa shape index (κ1) is 19.4. The molecular weight excluding hydrogens is 388 g/mol. The second-order valence-corrected chi connectivity index (χ2v) is 8.23. The number of benzene rings is 1. The van der Waals surface area contributed by atoms with Crippen molar-refractivity contribution in [2.45, 2.75) is 24.7 Å². The SMILES string of the molecule is Cc1cnc2c(c1SCC(=O)N1CCCc3ccccc31)c(=O)n(C)c(=O)n2C. The maximum atomic E-state index is 13.0. The number of aromatic nitrogens is 3. The van der Waals surface area contributed by atoms with Crippen LogP contribution in [0.5, 0.6) is 0 Å². The summed E-state index contributed by atoms with van der Waals surface area (Å²) in [5.41, 5.74) is 2.49. The van der Waals surface area contributed by atoms with Crippen LogP contribution in [0.4, 0.5) is 5.69 Å². The minimum absolute atomic E-state index is 0.00755. The lowest BCUT2D eigenvalue weighted by molar-refractivity contribution is -0.116. The Morgan fingerprint density at radius 3 is 2.72 bits per heavy atom. The Balaban J connectivity index is 1.69. The fraction of sp³-hybridized carbons (Fsp3) is 0.333. The topological polar surface area (TPSA) is 77.2 Å². The van der Waals surface area contributed by atoms with Crippen LogP contribution in [-0.2, 0) is 25.3 Å². The quantitative estimate of drug-likeness (QED) is 0.618. The third kappa shape index (κ3) is 3.27. The maximum Gasteiger partial charge on any atom is 0.332 e. The van der Waals surface area contributed by atoms with E-state index in [2.05, 4.69) is 11.1 Å². The van der Waals surface area contributed by atoms with Gasteiger partial charge in [-0.3, -0.25) is 18.7 Å². The van der Waals surface area contributed by atoms with Crippen molar-refractivity contribution in [1.29, 1.82) is 0 Å². The van der Waals surface area contributed by atoms with Crippen molar-refractivity contribution in [3.05, 3.63) is 62.4 Å². The summed E-state index contributed by atoms with van der Waals surface area (Å²) in [6.07, 6.45) is 3.56. The Hall–Kier alpha value is -2.87. The molecule has 0 N–H and O–H groups in total. The van der Waals surface area contributed by atoms with E-state index < -0.39 is 11.2 Å². The van der Waals surface area contributed by atoms with Crippen LogP contribution in [0.2, 0.25) is 0 Å². The molecule has 0 saturated carbocycles. The minimum atomic E-state index is -0.421. The highest BCUT2D eigenvalue weighted by Gasteiger charge is 2.23. The van der Waals surface area contributed by atoms with E-state index in [0.717, 1.165) is 28.7 Å². The molecule has 0 atom stereocenters. The van der Waals surface area contributed by atoms with Crippen LogP contribution in [0, 0.1) is 6.92 Å². The van der Waals surface area contributed by atoms with Crippen molar-refractivity contribution in [3.8, 4) is 0 Å². The molecule has 1 aromatic carbocycles. The Bertz CT molecular complexity index is 1250. The van der Waals surface area contributed by atoms with Gasteiger partial charge in [-0.25, -0.2) is 9.78 Å². The van der Waals surface area contributed by atoms with Crippen LogP contribution in [0.25, 0.3) is 11.0 Å². The molecule has 1 amide bonds. The molecule has 1 aliphatic heterocycles. The van der Waals surface area contributed by atoms with Gasteiger partial charge in [0, 0.05) is 37.4 Å². The van der Waals surface area contributed by atoms with Crippen LogP contribution in [0.1, 0.15) is 17.5 Å². The van der Waals surface area contributed by atoms with Crippen LogP contribution in [0.15, 0.2) is 44.9 Å². The summed E-state index contributed by atoms with van der Waals surface area (Å²) in [6, 6.07) is 7.98. The molecular formula is C21H22N4O3S. The lowest BCUT2D eigenvalue weighted by Crippen LogP contribution is -2.38. The summed E-state index contributed by atoms with van der Waals surface area (Å²) in [5, 5.41) is 0.381. The monoisotopic (exact) mass is 410 g/mol. The van der Waals surface area contributed by atoms with Gasteiger partial charge in [0.1, 0.15) is 5.65 Å². The number of nitrogens with zero attached hydrogens (tertiary/aromatic N) is 4. The van der Waals surface area contributed by atoms with Gasteiger partial charge in [0.25, 0.3) is 5.56 Å². The highest BCUT2D eigenvalue weighted by atomic mass is 32.2. The first-order chi connectivity index (χ1) is 13.9. The number of fused-ring (bicyclic) bond motifs is 2. The number of para-hydroxylation sites is 1. The molecule has 0 aliphatic carbocycles. The number of thioether (sulfide) groups is 1. The molecule has 0 fully saturated rings. The van der Waals surface area contributed by atoms with Gasteiger partial charge in [-0.1, -0.05) is 18.2 Å². The number of aryl methyl sites for hydroxylation is 3. The molecule has 1 aliphatic rings. The van der Waals surface area contributed by atoms with E-state index in [4.69, 9.17) is 0 Å². The predicted molar refractivity (Wildman–Crippen MR) is 115 cm³/mol. The number of carbonyl (C=O) groups excluding carboxylic acids is 1. The normalized spacial score (nSPS) is 13.6. The summed E-state index contributed by atoms with van der Waals surface area (Å²) >= 11 is 1.33. The molecule has 4 rings (SSSR count). The molecule has 3 heterocycles. The molecule has 0 saturated heterocycles. The highest BCUT2D eigenvalue weighted by molar-refractivity contribution is 8.00. The molecule has 0 unspecified atom stereocenters. The van der Waals surface area contributed by atoms with E-state index in [1.165, 1.54) is 28.9 Å². The molecule has 150 valence electrons. The van der Waals surface area contributed by atoms with Gasteiger partial charge in [-0.05, 0) is 37.0 Å². The molecule has 7 nitrogen and oxygen atoms in total. The second kappa shape index (κ2) is 7.51. The first-order valence-electron chi connectivity index (χ1n) is 9.46. The Morgan fingerprint density at radius 1 is 1.17 bits per heavy atom. The van der Waals surface area contributed by atoms with Crippen LogP contribution in [0.3, 0.4) is 0 Å². The van der Waals surface area contributed by atoms with Gasteiger partial charge in [0.2, 0.25) is 5.91 Å². The molecule has 29 heavy (non-hydrogen) atoms. The largest absolute Gasteiger partial charge is 0.332 e. The zero-order chi connectivity index (χ0) is 20.7. The molecule has 0 radical (unpaired) electrons. The van der Waals surface area contributed by atoms with Gasteiger partial charge in [0.05, 0.1) is 11.1 Å². The average Bonchev–Trinajstić information content (AvgIpc) is 2.74.